The number of aromatic nitrogens is 3. The number of hydrogen-bond acceptors (Lipinski definition) is 9. The van der Waals surface area contributed by atoms with E-state index in [0.29, 0.717) is 18.5 Å². The second kappa shape index (κ2) is 14.1. The molecular weight excluding hydrogens is 656 g/mol. The Kier molecular flexibility index (Phi) is 9.67. The molecule has 3 aromatic rings. The molecule has 13 heteroatoms. The summed E-state index contributed by atoms with van der Waals surface area (Å²) in [7, 11) is 3.67. The highest BCUT2D eigenvalue weighted by atomic mass is 35.5. The van der Waals surface area contributed by atoms with Crippen LogP contribution in [0, 0.1) is 5.41 Å². The topological polar surface area (TPSA) is 133 Å². The molecule has 0 bridgehead atoms. The second-order valence-electron chi connectivity index (χ2n) is 14.6. The Hall–Kier alpha value is -4.29. The van der Waals surface area contributed by atoms with Crippen molar-refractivity contribution in [3.05, 3.63) is 80.9 Å². The lowest BCUT2D eigenvalue weighted by molar-refractivity contribution is -0.134. The fraction of sp³-hybridized carbons (Fsp3) is 0.514. The molecule has 50 heavy (non-hydrogen) atoms. The van der Waals surface area contributed by atoms with Gasteiger partial charge in [0.25, 0.3) is 11.5 Å². The van der Waals surface area contributed by atoms with Crippen molar-refractivity contribution in [2.75, 3.05) is 56.5 Å². The summed E-state index contributed by atoms with van der Waals surface area (Å²) in [5, 5.41) is 10.2. The van der Waals surface area contributed by atoms with Gasteiger partial charge in [0.15, 0.2) is 0 Å². The second-order valence-corrected chi connectivity index (χ2v) is 15.0. The van der Waals surface area contributed by atoms with Gasteiger partial charge in [0.1, 0.15) is 10.8 Å². The number of imide groups is 1. The standard InChI is InChI=1S/C37H45ClN8O4/c1-43-22-27(19-28(23-43)41-30-21-40-44(2)36(50)33(30)38)24-3-5-25(6-4-24)35(49)46-17-12-37(13-18-46)10-15-45(16-11-37)31-20-26(9-14-39-31)29-7-8-32(47)42-34(29)48/h3-6,9,14,20-21,27-29,41H,7-8,10-13,15-19,22-23H2,1-2H3,(H,42,47,48). The highest BCUT2D eigenvalue weighted by molar-refractivity contribution is 6.32. The van der Waals surface area contributed by atoms with Crippen LogP contribution in [-0.4, -0.2) is 94.6 Å². The Morgan fingerprint density at radius 2 is 1.68 bits per heavy atom. The van der Waals surface area contributed by atoms with Crippen molar-refractivity contribution in [3.63, 3.8) is 0 Å². The van der Waals surface area contributed by atoms with E-state index in [2.05, 4.69) is 49.7 Å². The fourth-order valence-corrected chi connectivity index (χ4v) is 8.53. The number of nitrogens with one attached hydrogen (secondary N) is 2. The van der Waals surface area contributed by atoms with Gasteiger partial charge in [-0.25, -0.2) is 9.67 Å². The van der Waals surface area contributed by atoms with E-state index in [1.165, 1.54) is 10.2 Å². The minimum absolute atomic E-state index is 0.0893. The van der Waals surface area contributed by atoms with Gasteiger partial charge in [0.2, 0.25) is 11.8 Å². The van der Waals surface area contributed by atoms with Crippen LogP contribution in [0.1, 0.15) is 78.3 Å². The van der Waals surface area contributed by atoms with Crippen LogP contribution in [0.5, 0.6) is 0 Å². The zero-order valence-corrected chi connectivity index (χ0v) is 29.5. The van der Waals surface area contributed by atoms with E-state index < -0.39 is 0 Å². The number of carbonyl (C=O) groups excluding carboxylic acids is 3. The molecule has 2 aromatic heterocycles. The first kappa shape index (κ1) is 34.2. The number of benzene rings is 1. The summed E-state index contributed by atoms with van der Waals surface area (Å²) < 4.78 is 1.23. The first-order valence-corrected chi connectivity index (χ1v) is 18.1. The molecule has 0 radical (unpaired) electrons. The molecule has 3 amide bonds. The van der Waals surface area contributed by atoms with Crippen molar-refractivity contribution in [2.45, 2.75) is 62.8 Å². The number of aryl methyl sites for hydroxylation is 1. The van der Waals surface area contributed by atoms with Crippen molar-refractivity contribution in [2.24, 2.45) is 12.5 Å². The molecule has 7 rings (SSSR count). The lowest BCUT2D eigenvalue weighted by Gasteiger charge is -2.47. The van der Waals surface area contributed by atoms with Gasteiger partial charge < -0.3 is 20.0 Å². The van der Waals surface area contributed by atoms with Crippen LogP contribution < -0.4 is 21.1 Å². The number of pyridine rings is 1. The van der Waals surface area contributed by atoms with Crippen molar-refractivity contribution in [3.8, 4) is 0 Å². The van der Waals surface area contributed by atoms with Gasteiger partial charge in [-0.15, -0.1) is 0 Å². The monoisotopic (exact) mass is 700 g/mol. The Morgan fingerprint density at radius 1 is 0.960 bits per heavy atom. The Bertz CT molecular complexity index is 1810. The highest BCUT2D eigenvalue weighted by Crippen LogP contribution is 2.42. The molecule has 12 nitrogen and oxygen atoms in total. The molecule has 0 aliphatic carbocycles. The summed E-state index contributed by atoms with van der Waals surface area (Å²) in [6, 6.07) is 12.1. The average Bonchev–Trinajstić information content (AvgIpc) is 3.12. The van der Waals surface area contributed by atoms with E-state index in [-0.39, 0.29) is 51.6 Å². The third-order valence-corrected chi connectivity index (χ3v) is 11.7. The predicted molar refractivity (Wildman–Crippen MR) is 192 cm³/mol. The number of nitrogens with zero attached hydrogens (tertiary/aromatic N) is 6. The van der Waals surface area contributed by atoms with Crippen LogP contribution >= 0.6 is 11.6 Å². The number of halogens is 1. The Morgan fingerprint density at radius 3 is 2.40 bits per heavy atom. The smallest absolute Gasteiger partial charge is 0.287 e. The van der Waals surface area contributed by atoms with Crippen molar-refractivity contribution >= 4 is 40.8 Å². The number of anilines is 2. The van der Waals surface area contributed by atoms with Gasteiger partial charge in [-0.2, -0.15) is 5.10 Å². The lowest BCUT2D eigenvalue weighted by Crippen LogP contribution is -2.48. The maximum atomic E-state index is 13.6. The third-order valence-electron chi connectivity index (χ3n) is 11.4. The van der Waals surface area contributed by atoms with Gasteiger partial charge in [0, 0.05) is 70.5 Å². The molecule has 4 aliphatic rings. The molecule has 4 fully saturated rings. The minimum Gasteiger partial charge on any atom is -0.378 e. The molecule has 2 N–H and O–H groups in total. The zero-order chi connectivity index (χ0) is 35.0. The minimum atomic E-state index is -0.323. The summed E-state index contributed by atoms with van der Waals surface area (Å²) in [6.45, 7) is 5.02. The van der Waals surface area contributed by atoms with Gasteiger partial charge in [-0.1, -0.05) is 23.7 Å². The average molecular weight is 701 g/mol. The summed E-state index contributed by atoms with van der Waals surface area (Å²) in [4.78, 5) is 61.1. The highest BCUT2D eigenvalue weighted by Gasteiger charge is 2.39. The van der Waals surface area contributed by atoms with Crippen molar-refractivity contribution < 1.29 is 14.4 Å². The Balaban J connectivity index is 0.916. The summed E-state index contributed by atoms with van der Waals surface area (Å²) in [5.74, 6) is 0.494. The maximum Gasteiger partial charge on any atom is 0.287 e. The number of likely N-dealkylation sites (tertiary alicyclic amines) is 2. The molecule has 1 aromatic carbocycles. The van der Waals surface area contributed by atoms with E-state index in [1.807, 2.05) is 29.2 Å². The van der Waals surface area contributed by atoms with E-state index >= 15 is 0 Å². The van der Waals surface area contributed by atoms with Crippen LogP contribution in [0.15, 0.2) is 53.6 Å². The van der Waals surface area contributed by atoms with E-state index in [1.54, 1.807) is 19.4 Å². The van der Waals surface area contributed by atoms with Crippen molar-refractivity contribution in [1.29, 1.82) is 0 Å². The van der Waals surface area contributed by atoms with Crippen LogP contribution in [0.2, 0.25) is 5.02 Å². The molecule has 3 atom stereocenters. The van der Waals surface area contributed by atoms with Gasteiger partial charge in [-0.3, -0.25) is 24.5 Å². The maximum absolute atomic E-state index is 13.6. The number of hydrogen-bond donors (Lipinski definition) is 2. The zero-order valence-electron chi connectivity index (χ0n) is 28.7. The molecule has 264 valence electrons. The first-order valence-electron chi connectivity index (χ1n) is 17.7. The summed E-state index contributed by atoms with van der Waals surface area (Å²) in [5.41, 5.74) is 3.28. The molecule has 4 aliphatic heterocycles. The summed E-state index contributed by atoms with van der Waals surface area (Å²) in [6.07, 6.45) is 9.20. The number of rotatable bonds is 6. The quantitative estimate of drug-likeness (QED) is 0.369. The van der Waals surface area contributed by atoms with Crippen LogP contribution in [0.4, 0.5) is 11.5 Å². The van der Waals surface area contributed by atoms with Crippen molar-refractivity contribution in [1.82, 2.24) is 29.9 Å². The number of carbonyl (C=O) groups is 3. The van der Waals surface area contributed by atoms with Crippen LogP contribution in [0.3, 0.4) is 0 Å². The molecule has 6 heterocycles. The van der Waals surface area contributed by atoms with Gasteiger partial charge in [0.05, 0.1) is 17.8 Å². The van der Waals surface area contributed by atoms with E-state index in [4.69, 9.17) is 11.6 Å². The third kappa shape index (κ3) is 7.14. The van der Waals surface area contributed by atoms with Gasteiger partial charge in [-0.05, 0) is 92.3 Å². The molecule has 0 saturated carbocycles. The molecule has 4 saturated heterocycles. The molecule has 1 spiro atoms. The molecule has 3 unspecified atom stereocenters. The fourth-order valence-electron chi connectivity index (χ4n) is 8.31. The first-order chi connectivity index (χ1) is 24.1. The number of amides is 3. The number of piperidine rings is 4. The largest absolute Gasteiger partial charge is 0.378 e. The normalized spacial score (nSPS) is 24.3. The van der Waals surface area contributed by atoms with Gasteiger partial charge >= 0.3 is 0 Å². The molecular formula is C37H45ClN8O4. The van der Waals surface area contributed by atoms with E-state index in [9.17, 15) is 19.2 Å². The van der Waals surface area contributed by atoms with Crippen LogP contribution in [-0.2, 0) is 16.6 Å². The lowest BCUT2D eigenvalue weighted by atomic mass is 9.71. The Labute approximate surface area is 297 Å². The SMILES string of the molecule is CN1CC(Nc2cnn(C)c(=O)c2Cl)CC(c2ccc(C(=O)N3CCC4(CC3)CCN(c3cc(C5CCC(=O)NC5=O)ccn3)CC4)cc2)C1. The predicted octanol–water partition coefficient (Wildman–Crippen LogP) is 3.77. The number of likely N-dealkylation sites (N-methyl/N-ethyl adjacent to an activating group) is 1. The van der Waals surface area contributed by atoms with E-state index in [0.717, 1.165) is 88.3 Å². The summed E-state index contributed by atoms with van der Waals surface area (Å²) >= 11 is 6.32. The van der Waals surface area contributed by atoms with Crippen LogP contribution in [0.25, 0.3) is 0 Å².